The summed E-state index contributed by atoms with van der Waals surface area (Å²) in [4.78, 5) is 0. The summed E-state index contributed by atoms with van der Waals surface area (Å²) in [6.45, 7) is 6.06. The van der Waals surface area contributed by atoms with E-state index in [9.17, 15) is 8.42 Å². The van der Waals surface area contributed by atoms with Crippen molar-refractivity contribution in [1.82, 2.24) is 14.3 Å². The van der Waals surface area contributed by atoms with Crippen molar-refractivity contribution >= 4 is 10.2 Å². The molecule has 0 aromatic heterocycles. The van der Waals surface area contributed by atoms with E-state index in [0.29, 0.717) is 32.2 Å². The second-order valence-corrected chi connectivity index (χ2v) is 7.40. The van der Waals surface area contributed by atoms with E-state index in [1.807, 2.05) is 7.05 Å². The number of ether oxygens (including phenoxy) is 1. The lowest BCUT2D eigenvalue weighted by atomic mass is 10.00. The minimum Gasteiger partial charge on any atom is -0.381 e. The van der Waals surface area contributed by atoms with Gasteiger partial charge in [0.15, 0.2) is 0 Å². The highest BCUT2D eigenvalue weighted by Gasteiger charge is 2.27. The highest BCUT2D eigenvalue weighted by Crippen LogP contribution is 2.17. The van der Waals surface area contributed by atoms with Crippen molar-refractivity contribution in [2.45, 2.75) is 39.0 Å². The summed E-state index contributed by atoms with van der Waals surface area (Å²) in [6.07, 6.45) is 4.93. The van der Waals surface area contributed by atoms with Gasteiger partial charge in [-0.15, -0.1) is 0 Å². The molecule has 1 saturated heterocycles. The van der Waals surface area contributed by atoms with E-state index in [-0.39, 0.29) is 0 Å². The smallest absolute Gasteiger partial charge is 0.279 e. The van der Waals surface area contributed by atoms with Crippen LogP contribution in [0, 0.1) is 5.92 Å². The second-order valence-electron chi connectivity index (χ2n) is 5.64. The van der Waals surface area contributed by atoms with Crippen LogP contribution in [-0.2, 0) is 14.9 Å². The maximum atomic E-state index is 12.2. The molecule has 0 spiro atoms. The van der Waals surface area contributed by atoms with Crippen LogP contribution in [0.15, 0.2) is 0 Å². The molecule has 1 atom stereocenters. The fourth-order valence-electron chi connectivity index (χ4n) is 2.52. The zero-order chi connectivity index (χ0) is 15.6. The van der Waals surface area contributed by atoms with Crippen LogP contribution in [0.1, 0.15) is 39.0 Å². The normalized spacial score (nSPS) is 20.8. The molecule has 1 aliphatic heterocycles. The van der Waals surface area contributed by atoms with Crippen molar-refractivity contribution in [2.75, 3.05) is 46.4 Å². The number of unbranched alkanes of at least 4 members (excludes halogenated alkanes) is 1. The number of rotatable bonds is 11. The predicted molar refractivity (Wildman–Crippen MR) is 85.5 cm³/mol. The molecule has 126 valence electrons. The van der Waals surface area contributed by atoms with Crippen molar-refractivity contribution < 1.29 is 13.2 Å². The SMILES string of the molecule is CCCCOCCCNS(=O)(=O)N1CCCC(CNC)C1. The largest absolute Gasteiger partial charge is 0.381 e. The van der Waals surface area contributed by atoms with E-state index in [1.165, 1.54) is 0 Å². The molecule has 0 aromatic carbocycles. The summed E-state index contributed by atoms with van der Waals surface area (Å²) in [5.74, 6) is 0.415. The molecule has 2 N–H and O–H groups in total. The molecule has 0 bridgehead atoms. The summed E-state index contributed by atoms with van der Waals surface area (Å²) in [5.41, 5.74) is 0. The predicted octanol–water partition coefficient (Wildman–Crippen LogP) is 0.959. The molecular formula is C14H31N3O3S. The van der Waals surface area contributed by atoms with Crippen LogP contribution >= 0.6 is 0 Å². The molecule has 7 heteroatoms. The third-order valence-electron chi connectivity index (χ3n) is 3.71. The Kier molecular flexibility index (Phi) is 9.42. The molecule has 0 aliphatic carbocycles. The third kappa shape index (κ3) is 7.56. The molecule has 6 nitrogen and oxygen atoms in total. The first-order chi connectivity index (χ1) is 10.1. The average Bonchev–Trinajstić information content (AvgIpc) is 2.47. The molecule has 0 radical (unpaired) electrons. The zero-order valence-corrected chi connectivity index (χ0v) is 14.3. The summed E-state index contributed by atoms with van der Waals surface area (Å²) < 4.78 is 34.1. The molecule has 0 saturated carbocycles. The minimum atomic E-state index is -3.33. The van der Waals surface area contributed by atoms with E-state index in [1.54, 1.807) is 4.31 Å². The lowest BCUT2D eigenvalue weighted by Crippen LogP contribution is -2.47. The van der Waals surface area contributed by atoms with Gasteiger partial charge in [-0.2, -0.15) is 12.7 Å². The Morgan fingerprint density at radius 3 is 2.76 bits per heavy atom. The Hall–Kier alpha value is -0.210. The monoisotopic (exact) mass is 321 g/mol. The van der Waals surface area contributed by atoms with E-state index in [4.69, 9.17) is 4.74 Å². The van der Waals surface area contributed by atoms with Gasteiger partial charge >= 0.3 is 0 Å². The van der Waals surface area contributed by atoms with Crippen molar-refractivity contribution in [3.8, 4) is 0 Å². The van der Waals surface area contributed by atoms with Gasteiger partial charge in [0.25, 0.3) is 10.2 Å². The van der Waals surface area contributed by atoms with Gasteiger partial charge < -0.3 is 10.1 Å². The van der Waals surface area contributed by atoms with Gasteiger partial charge in [-0.25, -0.2) is 4.72 Å². The fourth-order valence-corrected chi connectivity index (χ4v) is 3.88. The van der Waals surface area contributed by atoms with Crippen LogP contribution in [-0.4, -0.2) is 59.2 Å². The van der Waals surface area contributed by atoms with E-state index in [2.05, 4.69) is 17.0 Å². The van der Waals surface area contributed by atoms with Crippen molar-refractivity contribution in [3.63, 3.8) is 0 Å². The first kappa shape index (κ1) is 18.8. The van der Waals surface area contributed by atoms with Gasteiger partial charge in [0, 0.05) is 32.8 Å². The number of nitrogens with one attached hydrogen (secondary N) is 2. The fraction of sp³-hybridized carbons (Fsp3) is 1.00. The molecule has 1 aliphatic rings. The topological polar surface area (TPSA) is 70.7 Å². The standard InChI is InChI=1S/C14H31N3O3S/c1-3-4-10-20-11-6-8-16-21(18,19)17-9-5-7-14(13-17)12-15-2/h14-16H,3-13H2,1-2H3. The minimum absolute atomic E-state index is 0.415. The van der Waals surface area contributed by atoms with Crippen LogP contribution in [0.3, 0.4) is 0 Å². The molecule has 0 aromatic rings. The van der Waals surface area contributed by atoms with Crippen molar-refractivity contribution in [3.05, 3.63) is 0 Å². The van der Waals surface area contributed by atoms with E-state index >= 15 is 0 Å². The molecule has 1 fully saturated rings. The third-order valence-corrected chi connectivity index (χ3v) is 5.29. The maximum Gasteiger partial charge on any atom is 0.279 e. The quantitative estimate of drug-likeness (QED) is 0.556. The van der Waals surface area contributed by atoms with Crippen LogP contribution in [0.5, 0.6) is 0 Å². The molecule has 0 amide bonds. The Morgan fingerprint density at radius 2 is 2.05 bits per heavy atom. The summed E-state index contributed by atoms with van der Waals surface area (Å²) in [6, 6.07) is 0. The lowest BCUT2D eigenvalue weighted by molar-refractivity contribution is 0.129. The summed E-state index contributed by atoms with van der Waals surface area (Å²) in [7, 11) is -1.42. The summed E-state index contributed by atoms with van der Waals surface area (Å²) >= 11 is 0. The second kappa shape index (κ2) is 10.5. The van der Waals surface area contributed by atoms with Gasteiger partial charge in [0.05, 0.1) is 0 Å². The van der Waals surface area contributed by atoms with Crippen molar-refractivity contribution in [2.24, 2.45) is 5.92 Å². The first-order valence-corrected chi connectivity index (χ1v) is 9.51. The van der Waals surface area contributed by atoms with Crippen LogP contribution in [0.25, 0.3) is 0 Å². The number of hydrogen-bond acceptors (Lipinski definition) is 4. The number of hydrogen-bond donors (Lipinski definition) is 2. The Balaban J connectivity index is 2.23. The Labute approximate surface area is 129 Å². The van der Waals surface area contributed by atoms with Crippen LogP contribution in [0.2, 0.25) is 0 Å². The van der Waals surface area contributed by atoms with Crippen molar-refractivity contribution in [1.29, 1.82) is 0 Å². The van der Waals surface area contributed by atoms with Crippen LogP contribution < -0.4 is 10.0 Å². The average molecular weight is 321 g/mol. The Morgan fingerprint density at radius 1 is 1.29 bits per heavy atom. The highest BCUT2D eigenvalue weighted by molar-refractivity contribution is 7.87. The number of piperidine rings is 1. The molecule has 1 heterocycles. The van der Waals surface area contributed by atoms with E-state index in [0.717, 1.165) is 45.3 Å². The van der Waals surface area contributed by atoms with Gasteiger partial charge in [0.2, 0.25) is 0 Å². The molecule has 1 unspecified atom stereocenters. The molecule has 1 rings (SSSR count). The van der Waals surface area contributed by atoms with Gasteiger partial charge in [-0.3, -0.25) is 0 Å². The van der Waals surface area contributed by atoms with Gasteiger partial charge in [-0.05, 0) is 45.2 Å². The maximum absolute atomic E-state index is 12.2. The summed E-state index contributed by atoms with van der Waals surface area (Å²) in [5, 5.41) is 3.13. The molecular weight excluding hydrogens is 290 g/mol. The van der Waals surface area contributed by atoms with Gasteiger partial charge in [0.1, 0.15) is 0 Å². The molecule has 21 heavy (non-hydrogen) atoms. The highest BCUT2D eigenvalue weighted by atomic mass is 32.2. The number of nitrogens with zero attached hydrogens (tertiary/aromatic N) is 1. The Bertz CT molecular complexity index is 360. The van der Waals surface area contributed by atoms with E-state index < -0.39 is 10.2 Å². The van der Waals surface area contributed by atoms with Gasteiger partial charge in [-0.1, -0.05) is 13.3 Å². The zero-order valence-electron chi connectivity index (χ0n) is 13.4. The van der Waals surface area contributed by atoms with Crippen LogP contribution in [0.4, 0.5) is 0 Å². The lowest BCUT2D eigenvalue weighted by Gasteiger charge is -2.31. The first-order valence-electron chi connectivity index (χ1n) is 8.07.